The zero-order valence-corrected chi connectivity index (χ0v) is 12.7. The van der Waals surface area contributed by atoms with Crippen LogP contribution >= 0.6 is 0 Å². The third-order valence-electron chi connectivity index (χ3n) is 3.53. The summed E-state index contributed by atoms with van der Waals surface area (Å²) >= 11 is 0. The van der Waals surface area contributed by atoms with E-state index < -0.39 is 11.8 Å². The lowest BCUT2D eigenvalue weighted by Gasteiger charge is -2.23. The maximum Gasteiger partial charge on any atom is 0.313 e. The molecule has 0 aromatic heterocycles. The Labute approximate surface area is 129 Å². The number of hydrogen-bond acceptors (Lipinski definition) is 4. The second kappa shape index (κ2) is 8.35. The smallest absolute Gasteiger partial charge is 0.313 e. The van der Waals surface area contributed by atoms with Gasteiger partial charge in [-0.2, -0.15) is 0 Å². The molecule has 0 radical (unpaired) electrons. The van der Waals surface area contributed by atoms with E-state index in [9.17, 15) is 9.59 Å². The van der Waals surface area contributed by atoms with Crippen molar-refractivity contribution in [3.8, 4) is 5.75 Å². The number of amides is 2. The molecule has 0 unspecified atom stereocenters. The van der Waals surface area contributed by atoms with Gasteiger partial charge in [-0.05, 0) is 12.1 Å². The minimum Gasteiger partial charge on any atom is -0.495 e. The first-order valence-corrected chi connectivity index (χ1v) is 7.34. The van der Waals surface area contributed by atoms with Crippen LogP contribution in [0.25, 0.3) is 0 Å². The molecule has 0 atom stereocenters. The van der Waals surface area contributed by atoms with Crippen molar-refractivity contribution in [3.05, 3.63) is 24.3 Å². The van der Waals surface area contributed by atoms with Crippen LogP contribution in [-0.2, 0) is 14.3 Å². The molecule has 1 aromatic carbocycles. The standard InChI is InChI=1S/C15H21N3O4/c1-21-13-5-3-2-4-12(13)17-15(20)14(19)16-6-7-18-8-10-22-11-9-18/h2-5H,6-11H2,1H3,(H,16,19)(H,17,20)/p+1. The number of quaternary nitrogens is 1. The highest BCUT2D eigenvalue weighted by molar-refractivity contribution is 6.39. The summed E-state index contributed by atoms with van der Waals surface area (Å²) in [6, 6.07) is 6.95. The number of hydrogen-bond donors (Lipinski definition) is 3. The van der Waals surface area contributed by atoms with Gasteiger partial charge in [0.1, 0.15) is 18.8 Å². The molecule has 1 heterocycles. The van der Waals surface area contributed by atoms with Gasteiger partial charge in [-0.15, -0.1) is 0 Å². The minimum atomic E-state index is -0.693. The van der Waals surface area contributed by atoms with Crippen LogP contribution < -0.4 is 20.3 Å². The lowest BCUT2D eigenvalue weighted by Crippen LogP contribution is -3.14. The van der Waals surface area contributed by atoms with E-state index in [1.165, 1.54) is 12.0 Å². The van der Waals surface area contributed by atoms with Gasteiger partial charge in [0.2, 0.25) is 0 Å². The molecule has 120 valence electrons. The molecule has 7 heteroatoms. The van der Waals surface area contributed by atoms with E-state index in [1.54, 1.807) is 24.3 Å². The molecule has 22 heavy (non-hydrogen) atoms. The predicted molar refractivity (Wildman–Crippen MR) is 81.0 cm³/mol. The molecule has 1 aliphatic rings. The first-order chi connectivity index (χ1) is 10.7. The van der Waals surface area contributed by atoms with Crippen molar-refractivity contribution in [3.63, 3.8) is 0 Å². The fourth-order valence-corrected chi connectivity index (χ4v) is 2.27. The van der Waals surface area contributed by atoms with E-state index in [1.807, 2.05) is 0 Å². The summed E-state index contributed by atoms with van der Waals surface area (Å²) in [6.07, 6.45) is 0. The zero-order chi connectivity index (χ0) is 15.8. The maximum absolute atomic E-state index is 11.9. The van der Waals surface area contributed by atoms with E-state index in [0.717, 1.165) is 32.8 Å². The molecule has 7 nitrogen and oxygen atoms in total. The highest BCUT2D eigenvalue weighted by atomic mass is 16.5. The van der Waals surface area contributed by atoms with Gasteiger partial charge in [0.25, 0.3) is 0 Å². The molecule has 1 aromatic rings. The summed E-state index contributed by atoms with van der Waals surface area (Å²) < 4.78 is 10.4. The lowest BCUT2D eigenvalue weighted by atomic mass is 10.3. The number of methoxy groups -OCH3 is 1. The van der Waals surface area contributed by atoms with E-state index in [4.69, 9.17) is 9.47 Å². The normalized spacial score (nSPS) is 15.1. The number of carbonyl (C=O) groups excluding carboxylic acids is 2. The number of morpholine rings is 1. The summed E-state index contributed by atoms with van der Waals surface area (Å²) in [5, 5.41) is 5.18. The summed E-state index contributed by atoms with van der Waals surface area (Å²) in [5.41, 5.74) is 0.476. The number of benzene rings is 1. The van der Waals surface area contributed by atoms with Gasteiger partial charge in [0.05, 0.1) is 39.1 Å². The van der Waals surface area contributed by atoms with Gasteiger partial charge in [-0.1, -0.05) is 12.1 Å². The molecule has 0 saturated carbocycles. The SMILES string of the molecule is COc1ccccc1NC(=O)C(=O)NCC[NH+]1CCOCC1. The Morgan fingerprint density at radius 2 is 1.95 bits per heavy atom. The summed E-state index contributed by atoms with van der Waals surface area (Å²) in [5.74, 6) is -0.818. The Bertz CT molecular complexity index is 515. The van der Waals surface area contributed by atoms with Crippen LogP contribution in [-0.4, -0.2) is 58.3 Å². The highest BCUT2D eigenvalue weighted by Gasteiger charge is 2.17. The van der Waals surface area contributed by atoms with Gasteiger partial charge in [-0.3, -0.25) is 9.59 Å². The molecule has 2 rings (SSSR count). The minimum absolute atomic E-state index is 0.466. The Morgan fingerprint density at radius 1 is 1.23 bits per heavy atom. The molecule has 1 saturated heterocycles. The maximum atomic E-state index is 11.9. The highest BCUT2D eigenvalue weighted by Crippen LogP contribution is 2.22. The van der Waals surface area contributed by atoms with Crippen LogP contribution in [0.1, 0.15) is 0 Å². The van der Waals surface area contributed by atoms with Crippen LogP contribution in [0.3, 0.4) is 0 Å². The second-order valence-corrected chi connectivity index (χ2v) is 5.02. The van der Waals surface area contributed by atoms with Crippen molar-refractivity contribution in [2.45, 2.75) is 0 Å². The molecule has 0 spiro atoms. The first-order valence-electron chi connectivity index (χ1n) is 7.34. The van der Waals surface area contributed by atoms with Crippen LogP contribution in [0.15, 0.2) is 24.3 Å². The van der Waals surface area contributed by atoms with Crippen molar-refractivity contribution in [2.24, 2.45) is 0 Å². The Morgan fingerprint density at radius 3 is 2.68 bits per heavy atom. The van der Waals surface area contributed by atoms with Crippen molar-refractivity contribution >= 4 is 17.5 Å². The summed E-state index contributed by atoms with van der Waals surface area (Å²) in [6.45, 7) is 4.62. The van der Waals surface area contributed by atoms with Crippen molar-refractivity contribution in [1.82, 2.24) is 5.32 Å². The zero-order valence-electron chi connectivity index (χ0n) is 12.7. The Balaban J connectivity index is 1.75. The lowest BCUT2D eigenvalue weighted by molar-refractivity contribution is -0.906. The van der Waals surface area contributed by atoms with Gasteiger partial charge in [0, 0.05) is 0 Å². The van der Waals surface area contributed by atoms with Gasteiger partial charge < -0.3 is 25.0 Å². The number of ether oxygens (including phenoxy) is 2. The number of rotatable bonds is 5. The van der Waals surface area contributed by atoms with Crippen LogP contribution in [0, 0.1) is 0 Å². The fourth-order valence-electron chi connectivity index (χ4n) is 2.27. The van der Waals surface area contributed by atoms with Gasteiger partial charge in [-0.25, -0.2) is 0 Å². The Hall–Kier alpha value is -2.12. The van der Waals surface area contributed by atoms with Gasteiger partial charge >= 0.3 is 11.8 Å². The van der Waals surface area contributed by atoms with Crippen molar-refractivity contribution in [2.75, 3.05) is 51.8 Å². The van der Waals surface area contributed by atoms with E-state index in [2.05, 4.69) is 10.6 Å². The molecule has 3 N–H and O–H groups in total. The molecule has 0 bridgehead atoms. The predicted octanol–water partition coefficient (Wildman–Crippen LogP) is -1.33. The molecular formula is C15H22N3O4+. The largest absolute Gasteiger partial charge is 0.495 e. The fraction of sp³-hybridized carbons (Fsp3) is 0.467. The third-order valence-corrected chi connectivity index (χ3v) is 3.53. The van der Waals surface area contributed by atoms with Crippen molar-refractivity contribution in [1.29, 1.82) is 0 Å². The van der Waals surface area contributed by atoms with Crippen molar-refractivity contribution < 1.29 is 24.0 Å². The number of carbonyl (C=O) groups is 2. The molecular weight excluding hydrogens is 286 g/mol. The molecule has 2 amide bonds. The van der Waals surface area contributed by atoms with Crippen LogP contribution in [0.4, 0.5) is 5.69 Å². The number of nitrogens with one attached hydrogen (secondary N) is 3. The summed E-state index contributed by atoms with van der Waals surface area (Å²) in [4.78, 5) is 25.0. The topological polar surface area (TPSA) is 81.1 Å². The average molecular weight is 308 g/mol. The number of anilines is 1. The van der Waals surface area contributed by atoms with E-state index in [0.29, 0.717) is 18.0 Å². The average Bonchev–Trinajstić information content (AvgIpc) is 2.56. The van der Waals surface area contributed by atoms with Crippen LogP contribution in [0.2, 0.25) is 0 Å². The molecule has 1 aliphatic heterocycles. The van der Waals surface area contributed by atoms with Crippen LogP contribution in [0.5, 0.6) is 5.75 Å². The van der Waals surface area contributed by atoms with E-state index >= 15 is 0 Å². The monoisotopic (exact) mass is 308 g/mol. The second-order valence-electron chi connectivity index (χ2n) is 5.02. The summed E-state index contributed by atoms with van der Waals surface area (Å²) in [7, 11) is 1.51. The molecule has 1 fully saturated rings. The first kappa shape index (κ1) is 16.3. The Kier molecular flexibility index (Phi) is 6.17. The quantitative estimate of drug-likeness (QED) is 0.589. The van der Waals surface area contributed by atoms with Gasteiger partial charge in [0.15, 0.2) is 0 Å². The number of para-hydroxylation sites is 2. The molecule has 0 aliphatic carbocycles. The third kappa shape index (κ3) is 4.71. The van der Waals surface area contributed by atoms with E-state index in [-0.39, 0.29) is 0 Å².